The van der Waals surface area contributed by atoms with Gasteiger partial charge in [0, 0.05) is 17.1 Å². The summed E-state index contributed by atoms with van der Waals surface area (Å²) in [5.41, 5.74) is 2.44. The van der Waals surface area contributed by atoms with Gasteiger partial charge in [0.05, 0.1) is 7.11 Å². The number of hydrogen-bond donors (Lipinski definition) is 1. The van der Waals surface area contributed by atoms with E-state index in [9.17, 15) is 9.90 Å². The van der Waals surface area contributed by atoms with Gasteiger partial charge in [0.2, 0.25) is 0 Å². The Balaban J connectivity index is 1.92. The second-order valence-electron chi connectivity index (χ2n) is 5.53. The van der Waals surface area contributed by atoms with Gasteiger partial charge in [-0.2, -0.15) is 0 Å². The zero-order chi connectivity index (χ0) is 17.5. The second-order valence-corrected chi connectivity index (χ2v) is 6.66. The van der Waals surface area contributed by atoms with Crippen LogP contribution in [-0.4, -0.2) is 30.0 Å². The van der Waals surface area contributed by atoms with Crippen LogP contribution >= 0.6 is 11.8 Å². The van der Waals surface area contributed by atoms with Crippen LogP contribution in [0.2, 0.25) is 0 Å². The van der Waals surface area contributed by atoms with E-state index in [-0.39, 0.29) is 0 Å². The van der Waals surface area contributed by atoms with Gasteiger partial charge in [-0.25, -0.2) is 4.79 Å². The van der Waals surface area contributed by atoms with E-state index in [4.69, 9.17) is 9.47 Å². The molecule has 0 fully saturated rings. The van der Waals surface area contributed by atoms with E-state index in [2.05, 4.69) is 32.0 Å². The van der Waals surface area contributed by atoms with Gasteiger partial charge in [-0.05, 0) is 49.7 Å². The molecule has 0 spiro atoms. The summed E-state index contributed by atoms with van der Waals surface area (Å²) < 4.78 is 10.7. The monoisotopic (exact) mass is 346 g/mol. The molecule has 24 heavy (non-hydrogen) atoms. The van der Waals surface area contributed by atoms with E-state index in [0.29, 0.717) is 23.7 Å². The number of benzene rings is 2. The van der Waals surface area contributed by atoms with E-state index >= 15 is 0 Å². The Morgan fingerprint density at radius 1 is 1.12 bits per heavy atom. The van der Waals surface area contributed by atoms with Gasteiger partial charge >= 0.3 is 5.97 Å². The van der Waals surface area contributed by atoms with Crippen molar-refractivity contribution in [1.29, 1.82) is 0 Å². The standard InChI is InChI=1S/C19H22O4S/c1-13-4-9-18(14(2)12-13)24-11-10-17(19(20)21)23-16-7-5-15(22-3)6-8-16/h4-9,12,17H,10-11H2,1-3H3,(H,20,21). The highest BCUT2D eigenvalue weighted by Crippen LogP contribution is 2.25. The van der Waals surface area contributed by atoms with E-state index in [1.807, 2.05) is 0 Å². The fourth-order valence-corrected chi connectivity index (χ4v) is 3.29. The number of carboxylic acids is 1. The molecule has 1 N–H and O–H groups in total. The molecule has 1 atom stereocenters. The van der Waals surface area contributed by atoms with Crippen molar-refractivity contribution in [3.05, 3.63) is 53.6 Å². The lowest BCUT2D eigenvalue weighted by Gasteiger charge is -2.15. The number of hydrogen-bond acceptors (Lipinski definition) is 4. The molecule has 2 aromatic rings. The van der Waals surface area contributed by atoms with Crippen LogP contribution in [0.25, 0.3) is 0 Å². The molecule has 2 aromatic carbocycles. The smallest absolute Gasteiger partial charge is 0.344 e. The number of thioether (sulfide) groups is 1. The number of carboxylic acid groups (broad SMARTS) is 1. The maximum atomic E-state index is 11.4. The number of methoxy groups -OCH3 is 1. The van der Waals surface area contributed by atoms with Gasteiger partial charge in [0.1, 0.15) is 11.5 Å². The van der Waals surface area contributed by atoms with E-state index in [1.54, 1.807) is 43.1 Å². The normalized spacial score (nSPS) is 11.8. The van der Waals surface area contributed by atoms with Crippen LogP contribution in [-0.2, 0) is 4.79 Å². The summed E-state index contributed by atoms with van der Waals surface area (Å²) in [5.74, 6) is 0.961. The topological polar surface area (TPSA) is 55.8 Å². The molecule has 0 radical (unpaired) electrons. The average Bonchev–Trinajstić information content (AvgIpc) is 2.56. The van der Waals surface area contributed by atoms with Crippen LogP contribution in [0, 0.1) is 13.8 Å². The number of carbonyl (C=O) groups is 1. The van der Waals surface area contributed by atoms with Crippen LogP contribution in [0.5, 0.6) is 11.5 Å². The summed E-state index contributed by atoms with van der Waals surface area (Å²) in [6, 6.07) is 13.2. The van der Waals surface area contributed by atoms with Gasteiger partial charge in [0.15, 0.2) is 6.10 Å². The summed E-state index contributed by atoms with van der Waals surface area (Å²) in [4.78, 5) is 12.6. The highest BCUT2D eigenvalue weighted by molar-refractivity contribution is 7.99. The molecule has 0 saturated carbocycles. The minimum atomic E-state index is -0.952. The van der Waals surface area contributed by atoms with Crippen molar-refractivity contribution < 1.29 is 19.4 Å². The molecule has 5 heteroatoms. The minimum absolute atomic E-state index is 0.430. The average molecular weight is 346 g/mol. The van der Waals surface area contributed by atoms with Gasteiger partial charge in [-0.3, -0.25) is 0 Å². The first-order chi connectivity index (χ1) is 11.5. The molecule has 0 amide bonds. The van der Waals surface area contributed by atoms with Crippen molar-refractivity contribution >= 4 is 17.7 Å². The van der Waals surface area contributed by atoms with E-state index in [1.165, 1.54) is 16.0 Å². The van der Waals surface area contributed by atoms with E-state index < -0.39 is 12.1 Å². The molecule has 0 aromatic heterocycles. The van der Waals surface area contributed by atoms with Gasteiger partial charge < -0.3 is 14.6 Å². The maximum Gasteiger partial charge on any atom is 0.344 e. The van der Waals surface area contributed by atoms with Crippen molar-refractivity contribution in [1.82, 2.24) is 0 Å². The number of aryl methyl sites for hydroxylation is 2. The number of ether oxygens (including phenoxy) is 2. The third-order valence-electron chi connectivity index (χ3n) is 3.58. The Morgan fingerprint density at radius 3 is 2.38 bits per heavy atom. The molecule has 0 bridgehead atoms. The fourth-order valence-electron chi connectivity index (χ4n) is 2.29. The molecular formula is C19H22O4S. The predicted octanol–water partition coefficient (Wildman–Crippen LogP) is 4.33. The lowest BCUT2D eigenvalue weighted by atomic mass is 10.2. The lowest BCUT2D eigenvalue weighted by Crippen LogP contribution is -2.27. The molecular weight excluding hydrogens is 324 g/mol. The molecule has 0 heterocycles. The first-order valence-corrected chi connectivity index (χ1v) is 8.71. The summed E-state index contributed by atoms with van der Waals surface area (Å²) in [5, 5.41) is 9.36. The third-order valence-corrected chi connectivity index (χ3v) is 4.79. The van der Waals surface area contributed by atoms with Crippen LogP contribution in [0.1, 0.15) is 17.5 Å². The SMILES string of the molecule is COc1ccc(OC(CCSc2ccc(C)cc2C)C(=O)O)cc1. The maximum absolute atomic E-state index is 11.4. The summed E-state index contributed by atoms with van der Waals surface area (Å²) >= 11 is 1.65. The summed E-state index contributed by atoms with van der Waals surface area (Å²) in [6.07, 6.45) is -0.434. The van der Waals surface area contributed by atoms with Gasteiger partial charge in [0.25, 0.3) is 0 Å². The van der Waals surface area contributed by atoms with Gasteiger partial charge in [-0.1, -0.05) is 17.7 Å². The molecule has 1 unspecified atom stereocenters. The molecule has 0 aliphatic heterocycles. The first kappa shape index (κ1) is 18.2. The van der Waals surface area contributed by atoms with Crippen LogP contribution in [0.4, 0.5) is 0 Å². The predicted molar refractivity (Wildman–Crippen MR) is 96.3 cm³/mol. The molecule has 4 nitrogen and oxygen atoms in total. The van der Waals surface area contributed by atoms with Crippen LogP contribution in [0.15, 0.2) is 47.4 Å². The molecule has 0 aliphatic carbocycles. The number of rotatable bonds is 8. The van der Waals surface area contributed by atoms with Crippen molar-refractivity contribution in [2.24, 2.45) is 0 Å². The first-order valence-electron chi connectivity index (χ1n) is 7.73. The highest BCUT2D eigenvalue weighted by atomic mass is 32.2. The lowest BCUT2D eigenvalue weighted by molar-refractivity contribution is -0.145. The molecule has 128 valence electrons. The van der Waals surface area contributed by atoms with Gasteiger partial charge in [-0.15, -0.1) is 11.8 Å². The third kappa shape index (κ3) is 5.20. The highest BCUT2D eigenvalue weighted by Gasteiger charge is 2.19. The summed E-state index contributed by atoms with van der Waals surface area (Å²) in [6.45, 7) is 4.13. The Bertz CT molecular complexity index is 682. The Kier molecular flexibility index (Phi) is 6.55. The van der Waals surface area contributed by atoms with Crippen molar-refractivity contribution in [2.45, 2.75) is 31.3 Å². The number of aliphatic carboxylic acids is 1. The summed E-state index contributed by atoms with van der Waals surface area (Å²) in [7, 11) is 1.58. The van der Waals surface area contributed by atoms with Crippen molar-refractivity contribution in [3.8, 4) is 11.5 Å². The Morgan fingerprint density at radius 2 is 1.79 bits per heavy atom. The van der Waals surface area contributed by atoms with Crippen LogP contribution < -0.4 is 9.47 Å². The largest absolute Gasteiger partial charge is 0.497 e. The van der Waals surface area contributed by atoms with E-state index in [0.717, 1.165) is 0 Å². The fraction of sp³-hybridized carbons (Fsp3) is 0.316. The zero-order valence-corrected chi connectivity index (χ0v) is 14.9. The Hall–Kier alpha value is -2.14. The molecule has 2 rings (SSSR count). The van der Waals surface area contributed by atoms with Crippen molar-refractivity contribution in [2.75, 3.05) is 12.9 Å². The van der Waals surface area contributed by atoms with Crippen molar-refractivity contribution in [3.63, 3.8) is 0 Å². The Labute approximate surface area is 146 Å². The molecule has 0 aliphatic rings. The molecule has 0 saturated heterocycles. The quantitative estimate of drug-likeness (QED) is 0.721. The minimum Gasteiger partial charge on any atom is -0.497 e. The second kappa shape index (κ2) is 8.64. The zero-order valence-electron chi connectivity index (χ0n) is 14.1. The van der Waals surface area contributed by atoms with Crippen LogP contribution in [0.3, 0.4) is 0 Å².